The normalized spacial score (nSPS) is 15.6. The van der Waals surface area contributed by atoms with E-state index < -0.39 is 0 Å². The number of amides is 3. The number of nitrogens with one attached hydrogen (secondary N) is 4. The highest BCUT2D eigenvalue weighted by atomic mass is 16.2. The second-order valence-electron chi connectivity index (χ2n) is 10.2. The summed E-state index contributed by atoms with van der Waals surface area (Å²) in [5.41, 5.74) is 9.95. The Morgan fingerprint density at radius 3 is 2.49 bits per heavy atom. The number of aryl methyl sites for hydroxylation is 1. The summed E-state index contributed by atoms with van der Waals surface area (Å²) in [6, 6.07) is 14.0. The number of rotatable bonds is 6. The van der Waals surface area contributed by atoms with E-state index in [9.17, 15) is 9.59 Å². The zero-order valence-electron chi connectivity index (χ0n) is 23.0. The standard InChI is InChI=1S/C29H34N10O2/c1-19-18-33-28(36-25-7-4-21(16-24(25)31)27(40)34-23-8-10-32-11-9-23)37-26(19)38-12-14-39(15-13-38)29(41)35-22-5-2-20(17-30)3-6-22/h2-7,16,18,23,32H,8-15,31H2,1H3,(H,34,40)(H,35,41)(H,33,36,37). The van der Waals surface area contributed by atoms with Gasteiger partial charge >= 0.3 is 6.03 Å². The van der Waals surface area contributed by atoms with Crippen molar-refractivity contribution < 1.29 is 9.59 Å². The molecule has 0 unspecified atom stereocenters. The van der Waals surface area contributed by atoms with Crippen LogP contribution < -0.4 is 31.9 Å². The number of nitrogens with zero attached hydrogens (tertiary/aromatic N) is 5. The summed E-state index contributed by atoms with van der Waals surface area (Å²) >= 11 is 0. The number of piperazine rings is 1. The maximum atomic E-state index is 12.7. The monoisotopic (exact) mass is 554 g/mol. The lowest BCUT2D eigenvalue weighted by Crippen LogP contribution is -2.50. The van der Waals surface area contributed by atoms with Gasteiger partial charge in [0.1, 0.15) is 5.82 Å². The van der Waals surface area contributed by atoms with E-state index in [0.717, 1.165) is 37.3 Å². The SMILES string of the molecule is Cc1cnc(Nc2ccc(C(=O)NC3CCNCC3)cc2N)nc1N1CCN(C(=O)Nc2ccc(C#N)cc2)CC1. The number of nitrogen functional groups attached to an aromatic ring is 1. The van der Waals surface area contributed by atoms with Gasteiger partial charge in [0.2, 0.25) is 5.95 Å². The van der Waals surface area contributed by atoms with Gasteiger partial charge in [-0.1, -0.05) is 0 Å². The van der Waals surface area contributed by atoms with Crippen molar-refractivity contribution in [1.29, 1.82) is 5.26 Å². The van der Waals surface area contributed by atoms with Crippen LogP contribution in [-0.4, -0.2) is 72.1 Å². The molecule has 2 aromatic carbocycles. The second kappa shape index (κ2) is 12.5. The Hall–Kier alpha value is -4.89. The van der Waals surface area contributed by atoms with Crippen molar-refractivity contribution in [2.45, 2.75) is 25.8 Å². The lowest BCUT2D eigenvalue weighted by molar-refractivity contribution is 0.0929. The number of anilines is 5. The summed E-state index contributed by atoms with van der Waals surface area (Å²) in [6.07, 6.45) is 3.58. The van der Waals surface area contributed by atoms with E-state index in [-0.39, 0.29) is 18.0 Å². The average molecular weight is 555 g/mol. The number of piperidine rings is 1. The Labute approximate surface area is 238 Å². The van der Waals surface area contributed by atoms with Crippen molar-refractivity contribution in [3.05, 3.63) is 65.4 Å². The van der Waals surface area contributed by atoms with Crippen molar-refractivity contribution in [1.82, 2.24) is 25.5 Å². The first-order chi connectivity index (χ1) is 19.9. The minimum atomic E-state index is -0.181. The van der Waals surface area contributed by atoms with E-state index in [0.29, 0.717) is 60.3 Å². The Bertz CT molecular complexity index is 1440. The van der Waals surface area contributed by atoms with Crippen LogP contribution in [0.2, 0.25) is 0 Å². The van der Waals surface area contributed by atoms with Crippen LogP contribution in [0.1, 0.15) is 34.3 Å². The van der Waals surface area contributed by atoms with Crippen LogP contribution >= 0.6 is 0 Å². The molecule has 0 spiro atoms. The van der Waals surface area contributed by atoms with Gasteiger partial charge in [0.25, 0.3) is 5.91 Å². The van der Waals surface area contributed by atoms with Crippen LogP contribution in [0.3, 0.4) is 0 Å². The van der Waals surface area contributed by atoms with Crippen LogP contribution in [0.25, 0.3) is 0 Å². The Balaban J connectivity index is 1.18. The average Bonchev–Trinajstić information content (AvgIpc) is 3.00. The number of carbonyl (C=O) groups is 2. The second-order valence-corrected chi connectivity index (χ2v) is 10.2. The molecule has 0 radical (unpaired) electrons. The number of aromatic nitrogens is 2. The van der Waals surface area contributed by atoms with Gasteiger partial charge in [-0.15, -0.1) is 0 Å². The molecule has 0 aliphatic carbocycles. The van der Waals surface area contributed by atoms with E-state index >= 15 is 0 Å². The van der Waals surface area contributed by atoms with Gasteiger partial charge in [-0.05, 0) is 75.3 Å². The molecule has 2 aliphatic rings. The smallest absolute Gasteiger partial charge is 0.321 e. The number of carbonyl (C=O) groups excluding carboxylic acids is 2. The van der Waals surface area contributed by atoms with Crippen molar-refractivity contribution >= 4 is 40.8 Å². The number of benzene rings is 2. The maximum absolute atomic E-state index is 12.7. The summed E-state index contributed by atoms with van der Waals surface area (Å²) in [4.78, 5) is 38.5. The molecule has 41 heavy (non-hydrogen) atoms. The van der Waals surface area contributed by atoms with E-state index in [1.165, 1.54) is 0 Å². The van der Waals surface area contributed by atoms with Gasteiger partial charge in [0.05, 0.1) is 23.0 Å². The molecule has 12 heteroatoms. The predicted molar refractivity (Wildman–Crippen MR) is 158 cm³/mol. The molecule has 3 amide bonds. The molecule has 212 valence electrons. The first-order valence-corrected chi connectivity index (χ1v) is 13.7. The van der Waals surface area contributed by atoms with Crippen molar-refractivity contribution in [3.63, 3.8) is 0 Å². The summed E-state index contributed by atoms with van der Waals surface area (Å²) in [5, 5.41) is 21.4. The van der Waals surface area contributed by atoms with E-state index in [1.54, 1.807) is 53.6 Å². The van der Waals surface area contributed by atoms with Crippen molar-refractivity contribution in [2.75, 3.05) is 60.5 Å². The molecule has 0 atom stereocenters. The van der Waals surface area contributed by atoms with Crippen molar-refractivity contribution in [2.24, 2.45) is 0 Å². The van der Waals surface area contributed by atoms with Gasteiger partial charge in [-0.25, -0.2) is 9.78 Å². The molecule has 0 saturated carbocycles. The van der Waals surface area contributed by atoms with Crippen molar-refractivity contribution in [3.8, 4) is 6.07 Å². The first kappa shape index (κ1) is 27.7. The predicted octanol–water partition coefficient (Wildman–Crippen LogP) is 2.82. The molecule has 3 heterocycles. The largest absolute Gasteiger partial charge is 0.397 e. The molecule has 2 aliphatic heterocycles. The van der Waals surface area contributed by atoms with Gasteiger partial charge in [-0.3, -0.25) is 4.79 Å². The third-order valence-electron chi connectivity index (χ3n) is 7.31. The molecule has 3 aromatic rings. The number of hydrogen-bond donors (Lipinski definition) is 5. The molecular weight excluding hydrogens is 520 g/mol. The fourth-order valence-electron chi connectivity index (χ4n) is 4.94. The highest BCUT2D eigenvalue weighted by molar-refractivity contribution is 5.96. The Kier molecular flexibility index (Phi) is 8.45. The van der Waals surface area contributed by atoms with E-state index in [2.05, 4.69) is 37.2 Å². The quantitative estimate of drug-likeness (QED) is 0.288. The van der Waals surface area contributed by atoms with Gasteiger partial charge in [0, 0.05) is 55.2 Å². The summed E-state index contributed by atoms with van der Waals surface area (Å²) in [6.45, 7) is 6.04. The first-order valence-electron chi connectivity index (χ1n) is 13.7. The summed E-state index contributed by atoms with van der Waals surface area (Å²) in [7, 11) is 0. The lowest BCUT2D eigenvalue weighted by Gasteiger charge is -2.36. The fraction of sp³-hybridized carbons (Fsp3) is 0.345. The Morgan fingerprint density at radius 2 is 1.80 bits per heavy atom. The molecule has 12 nitrogen and oxygen atoms in total. The van der Waals surface area contributed by atoms with Gasteiger partial charge < -0.3 is 36.8 Å². The van der Waals surface area contributed by atoms with Crippen LogP contribution in [0, 0.1) is 18.3 Å². The Morgan fingerprint density at radius 1 is 1.07 bits per heavy atom. The number of hydrogen-bond acceptors (Lipinski definition) is 9. The zero-order chi connectivity index (χ0) is 28.8. The maximum Gasteiger partial charge on any atom is 0.321 e. The third-order valence-corrected chi connectivity index (χ3v) is 7.31. The fourth-order valence-corrected chi connectivity index (χ4v) is 4.94. The minimum Gasteiger partial charge on any atom is -0.397 e. The van der Waals surface area contributed by atoms with Crippen LogP contribution in [0.5, 0.6) is 0 Å². The van der Waals surface area contributed by atoms with E-state index in [4.69, 9.17) is 16.0 Å². The van der Waals surface area contributed by atoms with Crippen LogP contribution in [0.15, 0.2) is 48.7 Å². The number of urea groups is 1. The van der Waals surface area contributed by atoms with Crippen LogP contribution in [0.4, 0.5) is 33.6 Å². The topological polar surface area (TPSA) is 164 Å². The number of nitrogens with two attached hydrogens (primary N) is 1. The molecule has 6 N–H and O–H groups in total. The van der Waals surface area contributed by atoms with E-state index in [1.807, 2.05) is 6.92 Å². The zero-order valence-corrected chi connectivity index (χ0v) is 23.0. The molecule has 2 saturated heterocycles. The highest BCUT2D eigenvalue weighted by Crippen LogP contribution is 2.26. The molecule has 5 rings (SSSR count). The minimum absolute atomic E-state index is 0.131. The number of nitriles is 1. The summed E-state index contributed by atoms with van der Waals surface area (Å²) in [5.74, 6) is 1.05. The molecule has 2 fully saturated rings. The highest BCUT2D eigenvalue weighted by Gasteiger charge is 2.24. The molecular formula is C29H34N10O2. The summed E-state index contributed by atoms with van der Waals surface area (Å²) < 4.78 is 0. The molecule has 1 aromatic heterocycles. The van der Waals surface area contributed by atoms with Crippen LogP contribution in [-0.2, 0) is 0 Å². The van der Waals surface area contributed by atoms with Gasteiger partial charge in [0.15, 0.2) is 0 Å². The third kappa shape index (κ3) is 6.82. The van der Waals surface area contributed by atoms with Gasteiger partial charge in [-0.2, -0.15) is 10.2 Å². The molecule has 0 bridgehead atoms. The lowest BCUT2D eigenvalue weighted by atomic mass is 10.1.